The van der Waals surface area contributed by atoms with E-state index in [2.05, 4.69) is 11.8 Å². The monoisotopic (exact) mass is 329 g/mol. The molecule has 1 unspecified atom stereocenters. The molecule has 0 aliphatic carbocycles. The van der Waals surface area contributed by atoms with Crippen LogP contribution in [0.15, 0.2) is 0 Å². The van der Waals surface area contributed by atoms with E-state index in [9.17, 15) is 4.79 Å². The second-order valence-corrected chi connectivity index (χ2v) is 6.29. The lowest BCUT2D eigenvalue weighted by Crippen LogP contribution is -2.54. The first-order valence-corrected chi connectivity index (χ1v) is 9.21. The molecule has 0 amide bonds. The van der Waals surface area contributed by atoms with Crippen LogP contribution >= 0.6 is 0 Å². The van der Waals surface area contributed by atoms with Gasteiger partial charge in [0.15, 0.2) is 0 Å². The highest BCUT2D eigenvalue weighted by Gasteiger charge is 2.42. The van der Waals surface area contributed by atoms with Gasteiger partial charge in [-0.3, -0.25) is 4.79 Å². The summed E-state index contributed by atoms with van der Waals surface area (Å²) in [6.07, 6.45) is 4.18. The quantitative estimate of drug-likeness (QED) is 0.431. The summed E-state index contributed by atoms with van der Waals surface area (Å²) in [6, 6.07) is 0. The molecule has 0 aromatic heterocycles. The Morgan fingerprint density at radius 3 is 2.43 bits per heavy atom. The Bertz CT molecular complexity index is 327. The lowest BCUT2D eigenvalue weighted by Gasteiger charge is -2.44. The molecule has 0 N–H and O–H groups in total. The van der Waals surface area contributed by atoms with Gasteiger partial charge in [-0.05, 0) is 33.1 Å². The maximum absolute atomic E-state index is 11.7. The van der Waals surface area contributed by atoms with Crippen LogP contribution < -0.4 is 0 Å². The van der Waals surface area contributed by atoms with Gasteiger partial charge in [-0.15, -0.1) is 0 Å². The third kappa shape index (κ3) is 6.77. The van der Waals surface area contributed by atoms with Crippen LogP contribution in [0.25, 0.3) is 0 Å². The SMILES string of the molecule is CCCCOC1(C(C)OC(=O)CC)CCN(CCOCC)CC1. The molecule has 1 atom stereocenters. The van der Waals surface area contributed by atoms with Crippen LogP contribution in [0.1, 0.15) is 59.8 Å². The van der Waals surface area contributed by atoms with E-state index in [0.29, 0.717) is 6.42 Å². The van der Waals surface area contributed by atoms with Crippen molar-refractivity contribution in [2.75, 3.05) is 39.5 Å². The van der Waals surface area contributed by atoms with Crippen molar-refractivity contribution >= 4 is 5.97 Å². The van der Waals surface area contributed by atoms with Crippen molar-refractivity contribution in [1.29, 1.82) is 0 Å². The van der Waals surface area contributed by atoms with Gasteiger partial charge < -0.3 is 19.1 Å². The van der Waals surface area contributed by atoms with Gasteiger partial charge in [0.1, 0.15) is 11.7 Å². The number of hydrogen-bond donors (Lipinski definition) is 0. The Hall–Kier alpha value is -0.650. The summed E-state index contributed by atoms with van der Waals surface area (Å²) in [5.74, 6) is -0.144. The van der Waals surface area contributed by atoms with Crippen molar-refractivity contribution in [2.45, 2.75) is 71.5 Å². The molecule has 0 aromatic carbocycles. The van der Waals surface area contributed by atoms with Crippen molar-refractivity contribution in [2.24, 2.45) is 0 Å². The standard InChI is InChI=1S/C18H35NO4/c1-5-8-14-22-18(16(4)23-17(20)6-2)9-11-19(12-10-18)13-15-21-7-3/h16H,5-15H2,1-4H3. The van der Waals surface area contributed by atoms with Crippen LogP contribution in [0, 0.1) is 0 Å². The molecule has 0 spiro atoms. The zero-order valence-corrected chi connectivity index (χ0v) is 15.4. The smallest absolute Gasteiger partial charge is 0.305 e. The molecule has 0 saturated carbocycles. The number of esters is 1. The highest BCUT2D eigenvalue weighted by Crippen LogP contribution is 2.32. The van der Waals surface area contributed by atoms with E-state index in [1.165, 1.54) is 0 Å². The van der Waals surface area contributed by atoms with E-state index < -0.39 is 0 Å². The minimum Gasteiger partial charge on any atom is -0.460 e. The maximum Gasteiger partial charge on any atom is 0.305 e. The van der Waals surface area contributed by atoms with Crippen molar-refractivity contribution in [3.05, 3.63) is 0 Å². The predicted octanol–water partition coefficient (Wildman–Crippen LogP) is 3.02. The van der Waals surface area contributed by atoms with Crippen molar-refractivity contribution in [3.63, 3.8) is 0 Å². The first-order valence-electron chi connectivity index (χ1n) is 9.21. The third-order valence-electron chi connectivity index (χ3n) is 4.68. The molecule has 1 heterocycles. The molecule has 0 aromatic rings. The van der Waals surface area contributed by atoms with Crippen molar-refractivity contribution in [1.82, 2.24) is 4.90 Å². The van der Waals surface area contributed by atoms with E-state index >= 15 is 0 Å². The fourth-order valence-electron chi connectivity index (χ4n) is 2.97. The molecule has 0 radical (unpaired) electrons. The molecule has 1 saturated heterocycles. The van der Waals surface area contributed by atoms with Gasteiger partial charge in [0.05, 0.1) is 6.61 Å². The topological polar surface area (TPSA) is 48.0 Å². The molecule has 5 heteroatoms. The number of unbranched alkanes of at least 4 members (excludes halogenated alkanes) is 1. The first kappa shape index (κ1) is 20.4. The summed E-state index contributed by atoms with van der Waals surface area (Å²) in [5, 5.41) is 0. The average Bonchev–Trinajstić information content (AvgIpc) is 2.56. The van der Waals surface area contributed by atoms with Gasteiger partial charge >= 0.3 is 5.97 Å². The number of carbonyl (C=O) groups excluding carboxylic acids is 1. The van der Waals surface area contributed by atoms with Crippen LogP contribution in [-0.2, 0) is 19.0 Å². The predicted molar refractivity (Wildman–Crippen MR) is 91.6 cm³/mol. The van der Waals surface area contributed by atoms with E-state index in [4.69, 9.17) is 14.2 Å². The molecule has 1 rings (SSSR count). The summed E-state index contributed by atoms with van der Waals surface area (Å²) < 4.78 is 17.3. The van der Waals surface area contributed by atoms with E-state index in [1.807, 2.05) is 20.8 Å². The summed E-state index contributed by atoms with van der Waals surface area (Å²) in [5.41, 5.74) is -0.331. The van der Waals surface area contributed by atoms with Crippen molar-refractivity contribution in [3.8, 4) is 0 Å². The molecule has 1 aliphatic heterocycles. The van der Waals surface area contributed by atoms with Gasteiger partial charge in [0.25, 0.3) is 0 Å². The molecule has 0 bridgehead atoms. The molecule has 136 valence electrons. The summed E-state index contributed by atoms with van der Waals surface area (Å²) in [6.45, 7) is 13.2. The molecule has 5 nitrogen and oxygen atoms in total. The van der Waals surface area contributed by atoms with Gasteiger partial charge in [-0.1, -0.05) is 20.3 Å². The Kier molecular flexibility index (Phi) is 9.75. The van der Waals surface area contributed by atoms with E-state index in [1.54, 1.807) is 0 Å². The van der Waals surface area contributed by atoms with Crippen molar-refractivity contribution < 1.29 is 19.0 Å². The number of hydrogen-bond acceptors (Lipinski definition) is 5. The van der Waals surface area contributed by atoms with Crippen LogP contribution in [0.4, 0.5) is 0 Å². The number of ether oxygens (including phenoxy) is 3. The van der Waals surface area contributed by atoms with Crippen LogP contribution in [0.3, 0.4) is 0 Å². The largest absolute Gasteiger partial charge is 0.460 e. The number of nitrogens with zero attached hydrogens (tertiary/aromatic N) is 1. The minimum absolute atomic E-state index is 0.144. The average molecular weight is 329 g/mol. The Labute approximate surface area is 141 Å². The Balaban J connectivity index is 2.58. The zero-order chi connectivity index (χ0) is 17.1. The lowest BCUT2D eigenvalue weighted by molar-refractivity contribution is -0.182. The Morgan fingerprint density at radius 2 is 1.87 bits per heavy atom. The number of piperidine rings is 1. The normalized spacial score (nSPS) is 19.5. The molecule has 23 heavy (non-hydrogen) atoms. The fraction of sp³-hybridized carbons (Fsp3) is 0.944. The molecular weight excluding hydrogens is 294 g/mol. The van der Waals surface area contributed by atoms with Crippen LogP contribution in [0.2, 0.25) is 0 Å². The summed E-state index contributed by atoms with van der Waals surface area (Å²) in [4.78, 5) is 14.1. The third-order valence-corrected chi connectivity index (χ3v) is 4.68. The van der Waals surface area contributed by atoms with Crippen LogP contribution in [0.5, 0.6) is 0 Å². The minimum atomic E-state index is -0.331. The molecular formula is C18H35NO4. The van der Waals surface area contributed by atoms with Gasteiger partial charge in [-0.2, -0.15) is 0 Å². The van der Waals surface area contributed by atoms with Gasteiger partial charge in [-0.25, -0.2) is 0 Å². The summed E-state index contributed by atoms with van der Waals surface area (Å²) in [7, 11) is 0. The van der Waals surface area contributed by atoms with Gasteiger partial charge in [0.2, 0.25) is 0 Å². The first-order chi connectivity index (χ1) is 11.1. The van der Waals surface area contributed by atoms with E-state index in [0.717, 1.165) is 65.1 Å². The lowest BCUT2D eigenvalue weighted by atomic mass is 9.86. The molecule has 1 fully saturated rings. The number of carbonyl (C=O) groups is 1. The highest BCUT2D eigenvalue weighted by atomic mass is 16.6. The second-order valence-electron chi connectivity index (χ2n) is 6.29. The van der Waals surface area contributed by atoms with Gasteiger partial charge in [0, 0.05) is 39.3 Å². The number of likely N-dealkylation sites (tertiary alicyclic amines) is 1. The highest BCUT2D eigenvalue weighted by molar-refractivity contribution is 5.69. The second kappa shape index (κ2) is 11.0. The zero-order valence-electron chi connectivity index (χ0n) is 15.4. The van der Waals surface area contributed by atoms with E-state index in [-0.39, 0.29) is 17.7 Å². The molecule has 1 aliphatic rings. The number of rotatable bonds is 11. The summed E-state index contributed by atoms with van der Waals surface area (Å²) >= 11 is 0. The Morgan fingerprint density at radius 1 is 1.17 bits per heavy atom. The fourth-order valence-corrected chi connectivity index (χ4v) is 2.97. The maximum atomic E-state index is 11.7. The van der Waals surface area contributed by atoms with Crippen LogP contribution in [-0.4, -0.2) is 62.0 Å².